The predicted octanol–water partition coefficient (Wildman–Crippen LogP) is 0.844. The highest BCUT2D eigenvalue weighted by molar-refractivity contribution is 5.80. The number of nitrogens with one attached hydrogen (secondary N) is 1. The van der Waals surface area contributed by atoms with Crippen molar-refractivity contribution in [2.75, 3.05) is 13.1 Å². The number of aliphatic imine (C=N–C) groups is 1. The van der Waals surface area contributed by atoms with Gasteiger partial charge < -0.3 is 4.90 Å². The van der Waals surface area contributed by atoms with Gasteiger partial charge in [0.2, 0.25) is 5.96 Å². The van der Waals surface area contributed by atoms with E-state index in [4.69, 9.17) is 5.84 Å². The van der Waals surface area contributed by atoms with Crippen LogP contribution in [0.5, 0.6) is 0 Å². The maximum Gasteiger partial charge on any atom is 0.208 e. The Balaban J connectivity index is 1.90. The van der Waals surface area contributed by atoms with Gasteiger partial charge in [-0.25, -0.2) is 10.8 Å². The van der Waals surface area contributed by atoms with Crippen LogP contribution >= 0.6 is 0 Å². The fourth-order valence-electron chi connectivity index (χ4n) is 2.12. The molecule has 1 aliphatic heterocycles. The van der Waals surface area contributed by atoms with E-state index >= 15 is 0 Å². The Morgan fingerprint density at radius 3 is 2.36 bits per heavy atom. The Labute approximate surface area is 85.5 Å². The van der Waals surface area contributed by atoms with E-state index in [0.29, 0.717) is 6.04 Å². The van der Waals surface area contributed by atoms with E-state index in [1.807, 2.05) is 0 Å². The summed E-state index contributed by atoms with van der Waals surface area (Å²) in [5.41, 5.74) is 2.73. The lowest BCUT2D eigenvalue weighted by molar-refractivity contribution is 0.285. The van der Waals surface area contributed by atoms with Crippen molar-refractivity contribution in [1.29, 1.82) is 0 Å². The molecule has 0 aromatic carbocycles. The van der Waals surface area contributed by atoms with Gasteiger partial charge in [-0.2, -0.15) is 0 Å². The number of hydrazine groups is 1. The lowest BCUT2D eigenvalue weighted by atomic mass is 9.96. The molecule has 1 aliphatic carbocycles. The first-order chi connectivity index (χ1) is 6.90. The minimum absolute atomic E-state index is 0.510. The summed E-state index contributed by atoms with van der Waals surface area (Å²) in [4.78, 5) is 6.90. The van der Waals surface area contributed by atoms with Gasteiger partial charge in [0.05, 0.1) is 6.04 Å². The molecule has 1 saturated heterocycles. The molecule has 2 rings (SSSR count). The van der Waals surface area contributed by atoms with E-state index in [0.717, 1.165) is 19.0 Å². The van der Waals surface area contributed by atoms with Crippen molar-refractivity contribution in [3.63, 3.8) is 0 Å². The molecule has 2 aliphatic rings. The van der Waals surface area contributed by atoms with Crippen molar-refractivity contribution in [3.8, 4) is 0 Å². The van der Waals surface area contributed by atoms with Crippen LogP contribution < -0.4 is 11.3 Å². The van der Waals surface area contributed by atoms with Gasteiger partial charge in [0.1, 0.15) is 0 Å². The molecule has 0 radical (unpaired) electrons. The van der Waals surface area contributed by atoms with Gasteiger partial charge in [0.25, 0.3) is 0 Å². The third-order valence-corrected chi connectivity index (χ3v) is 3.16. The number of hydrogen-bond donors (Lipinski definition) is 2. The van der Waals surface area contributed by atoms with Gasteiger partial charge in [-0.1, -0.05) is 19.3 Å². The molecule has 0 unspecified atom stereocenters. The van der Waals surface area contributed by atoms with Crippen molar-refractivity contribution >= 4 is 5.96 Å². The van der Waals surface area contributed by atoms with Crippen LogP contribution in [0.4, 0.5) is 0 Å². The molecule has 80 valence electrons. The third-order valence-electron chi connectivity index (χ3n) is 3.16. The van der Waals surface area contributed by atoms with E-state index in [9.17, 15) is 0 Å². The summed E-state index contributed by atoms with van der Waals surface area (Å²) >= 11 is 0. The molecule has 0 bridgehead atoms. The Kier molecular flexibility index (Phi) is 3.24. The minimum Gasteiger partial charge on any atom is -0.342 e. The molecule has 0 aromatic heterocycles. The monoisotopic (exact) mass is 196 g/mol. The summed E-state index contributed by atoms with van der Waals surface area (Å²) in [6.45, 7) is 2.21. The zero-order valence-corrected chi connectivity index (χ0v) is 8.71. The molecule has 1 heterocycles. The highest BCUT2D eigenvalue weighted by Gasteiger charge is 2.20. The average molecular weight is 196 g/mol. The summed E-state index contributed by atoms with van der Waals surface area (Å²) in [7, 11) is 0. The second-order valence-corrected chi connectivity index (χ2v) is 4.23. The predicted molar refractivity (Wildman–Crippen MR) is 57.8 cm³/mol. The summed E-state index contributed by atoms with van der Waals surface area (Å²) in [6.07, 6.45) is 7.77. The normalized spacial score (nSPS) is 24.6. The lowest BCUT2D eigenvalue weighted by Gasteiger charge is -2.34. The largest absolute Gasteiger partial charge is 0.342 e. The van der Waals surface area contributed by atoms with Gasteiger partial charge in [-0.05, 0) is 19.3 Å². The summed E-state index contributed by atoms with van der Waals surface area (Å²) in [6, 6.07) is 0.510. The fraction of sp³-hybridized carbons (Fsp3) is 0.900. The van der Waals surface area contributed by atoms with Gasteiger partial charge in [-0.15, -0.1) is 0 Å². The zero-order chi connectivity index (χ0) is 9.80. The molecule has 0 aromatic rings. The van der Waals surface area contributed by atoms with Gasteiger partial charge >= 0.3 is 0 Å². The van der Waals surface area contributed by atoms with Crippen molar-refractivity contribution in [2.24, 2.45) is 10.8 Å². The van der Waals surface area contributed by atoms with Gasteiger partial charge in [-0.3, -0.25) is 5.43 Å². The Morgan fingerprint density at radius 2 is 1.86 bits per heavy atom. The lowest BCUT2D eigenvalue weighted by Crippen LogP contribution is -2.51. The highest BCUT2D eigenvalue weighted by Crippen LogP contribution is 2.20. The molecule has 1 saturated carbocycles. The van der Waals surface area contributed by atoms with Crippen molar-refractivity contribution in [1.82, 2.24) is 10.3 Å². The molecule has 14 heavy (non-hydrogen) atoms. The number of guanidine groups is 1. The van der Waals surface area contributed by atoms with Crippen LogP contribution in [0.25, 0.3) is 0 Å². The Morgan fingerprint density at radius 1 is 1.14 bits per heavy atom. The molecule has 0 spiro atoms. The second-order valence-electron chi connectivity index (χ2n) is 4.23. The van der Waals surface area contributed by atoms with Crippen LogP contribution in [0.1, 0.15) is 38.5 Å². The average Bonchev–Trinajstić information content (AvgIpc) is 2.15. The van der Waals surface area contributed by atoms with E-state index in [-0.39, 0.29) is 0 Å². The molecular formula is C10H20N4. The van der Waals surface area contributed by atoms with E-state index in [1.165, 1.54) is 38.5 Å². The van der Waals surface area contributed by atoms with Crippen molar-refractivity contribution in [2.45, 2.75) is 44.6 Å². The van der Waals surface area contributed by atoms with Crippen LogP contribution in [0.2, 0.25) is 0 Å². The van der Waals surface area contributed by atoms with Crippen molar-refractivity contribution < 1.29 is 0 Å². The van der Waals surface area contributed by atoms with Crippen LogP contribution in [-0.4, -0.2) is 30.0 Å². The summed E-state index contributed by atoms with van der Waals surface area (Å²) in [5.74, 6) is 6.38. The van der Waals surface area contributed by atoms with Crippen LogP contribution in [0.3, 0.4) is 0 Å². The topological polar surface area (TPSA) is 53.6 Å². The van der Waals surface area contributed by atoms with E-state index in [2.05, 4.69) is 15.3 Å². The standard InChI is InChI=1S/C10H20N4/c11-13-10(14-7-4-8-14)12-9-5-2-1-3-6-9/h9H,1-8,11H2,(H,12,13). The van der Waals surface area contributed by atoms with E-state index in [1.54, 1.807) is 0 Å². The maximum absolute atomic E-state index is 5.48. The second kappa shape index (κ2) is 4.64. The number of nitrogens with zero attached hydrogens (tertiary/aromatic N) is 2. The molecule has 2 fully saturated rings. The van der Waals surface area contributed by atoms with Crippen LogP contribution in [0, 0.1) is 0 Å². The van der Waals surface area contributed by atoms with Crippen LogP contribution in [0.15, 0.2) is 4.99 Å². The first kappa shape index (κ1) is 9.77. The first-order valence-electron chi connectivity index (χ1n) is 5.69. The maximum atomic E-state index is 5.48. The SMILES string of the molecule is NNC(=NC1CCCCC1)N1CCC1. The Bertz CT molecular complexity index is 204. The van der Waals surface area contributed by atoms with Crippen LogP contribution in [-0.2, 0) is 0 Å². The molecular weight excluding hydrogens is 176 g/mol. The minimum atomic E-state index is 0.510. The van der Waals surface area contributed by atoms with Gasteiger partial charge in [0.15, 0.2) is 0 Å². The Hall–Kier alpha value is -0.770. The van der Waals surface area contributed by atoms with Crippen molar-refractivity contribution in [3.05, 3.63) is 0 Å². The molecule has 3 N–H and O–H groups in total. The number of hydrogen-bond acceptors (Lipinski definition) is 2. The summed E-state index contributed by atoms with van der Waals surface area (Å²) in [5, 5.41) is 0. The third kappa shape index (κ3) is 2.18. The zero-order valence-electron chi connectivity index (χ0n) is 8.71. The smallest absolute Gasteiger partial charge is 0.208 e. The summed E-state index contributed by atoms with van der Waals surface area (Å²) < 4.78 is 0. The molecule has 0 atom stereocenters. The first-order valence-corrected chi connectivity index (χ1v) is 5.69. The number of likely N-dealkylation sites (tertiary alicyclic amines) is 1. The fourth-order valence-corrected chi connectivity index (χ4v) is 2.12. The quantitative estimate of drug-likeness (QED) is 0.283. The van der Waals surface area contributed by atoms with Gasteiger partial charge in [0, 0.05) is 13.1 Å². The molecule has 4 heteroatoms. The highest BCUT2D eigenvalue weighted by atomic mass is 15.4. The molecule has 0 amide bonds. The number of nitrogens with two attached hydrogens (primary N) is 1. The molecule has 4 nitrogen and oxygen atoms in total. The number of rotatable bonds is 1. The van der Waals surface area contributed by atoms with E-state index < -0.39 is 0 Å².